The number of hydrogen-bond acceptors (Lipinski definition) is 6. The van der Waals surface area contributed by atoms with Gasteiger partial charge in [-0.1, -0.05) is 6.07 Å². The van der Waals surface area contributed by atoms with Gasteiger partial charge in [0.25, 0.3) is 5.91 Å². The van der Waals surface area contributed by atoms with E-state index in [-0.39, 0.29) is 23.2 Å². The summed E-state index contributed by atoms with van der Waals surface area (Å²) in [5, 5.41) is 12.6. The second-order valence-corrected chi connectivity index (χ2v) is 8.05. The number of nitrogens with one attached hydrogen (secondary N) is 1. The SMILES string of the molecule is COc1cc(N)c(C=NC2CCC(C)(O)CC2)cc1NC(=O)c1cccc(C(F)(F)F)n1. The van der Waals surface area contributed by atoms with Crippen molar-refractivity contribution in [3.8, 4) is 5.75 Å². The molecule has 1 aliphatic rings. The normalized spacial score (nSPS) is 21.5. The van der Waals surface area contributed by atoms with Gasteiger partial charge in [0.05, 0.1) is 24.4 Å². The summed E-state index contributed by atoms with van der Waals surface area (Å²) in [6.07, 6.45) is -0.283. The minimum Gasteiger partial charge on any atom is -0.494 e. The third-order valence-electron chi connectivity index (χ3n) is 5.38. The number of benzene rings is 1. The quantitative estimate of drug-likeness (QED) is 0.470. The van der Waals surface area contributed by atoms with Crippen LogP contribution in [0.25, 0.3) is 0 Å². The Morgan fingerprint density at radius 3 is 2.66 bits per heavy atom. The number of aliphatic imine (C=N–C) groups is 1. The van der Waals surface area contributed by atoms with Crippen molar-refractivity contribution >= 4 is 23.5 Å². The Bertz CT molecular complexity index is 1010. The number of nitrogens with two attached hydrogens (primary N) is 1. The highest BCUT2D eigenvalue weighted by Crippen LogP contribution is 2.32. The zero-order chi connectivity index (χ0) is 23.5. The molecule has 172 valence electrons. The van der Waals surface area contributed by atoms with E-state index in [0.717, 1.165) is 25.0 Å². The molecule has 1 saturated carbocycles. The van der Waals surface area contributed by atoms with Crippen molar-refractivity contribution in [2.45, 2.75) is 50.4 Å². The van der Waals surface area contributed by atoms with Crippen LogP contribution in [-0.2, 0) is 6.18 Å². The molecule has 3 rings (SSSR count). The zero-order valence-electron chi connectivity index (χ0n) is 17.7. The van der Waals surface area contributed by atoms with Crippen molar-refractivity contribution in [2.24, 2.45) is 4.99 Å². The largest absolute Gasteiger partial charge is 0.494 e. The van der Waals surface area contributed by atoms with Gasteiger partial charge >= 0.3 is 6.18 Å². The topological polar surface area (TPSA) is 110 Å². The number of aromatic nitrogens is 1. The lowest BCUT2D eigenvalue weighted by Gasteiger charge is -2.31. The lowest BCUT2D eigenvalue weighted by molar-refractivity contribution is -0.141. The second-order valence-electron chi connectivity index (χ2n) is 8.05. The van der Waals surface area contributed by atoms with Crippen LogP contribution < -0.4 is 15.8 Å². The molecule has 1 aliphatic carbocycles. The molecule has 0 bridgehead atoms. The van der Waals surface area contributed by atoms with Crippen LogP contribution in [0.4, 0.5) is 24.5 Å². The van der Waals surface area contributed by atoms with Crippen LogP contribution in [-0.4, -0.2) is 41.0 Å². The van der Waals surface area contributed by atoms with Gasteiger partial charge < -0.3 is 20.9 Å². The molecule has 1 fully saturated rings. The number of methoxy groups -OCH3 is 1. The van der Waals surface area contributed by atoms with Crippen LogP contribution in [0.2, 0.25) is 0 Å². The maximum absolute atomic E-state index is 12.9. The molecule has 0 aliphatic heterocycles. The van der Waals surface area contributed by atoms with Crippen LogP contribution in [0.1, 0.15) is 54.4 Å². The van der Waals surface area contributed by atoms with Gasteiger partial charge in [0.2, 0.25) is 0 Å². The predicted molar refractivity (Wildman–Crippen MR) is 115 cm³/mol. The van der Waals surface area contributed by atoms with Gasteiger partial charge in [-0.05, 0) is 50.8 Å². The first kappa shape index (κ1) is 23.5. The number of nitrogen functional groups attached to an aromatic ring is 1. The minimum absolute atomic E-state index is 0.0454. The molecule has 0 radical (unpaired) electrons. The van der Waals surface area contributed by atoms with E-state index >= 15 is 0 Å². The van der Waals surface area contributed by atoms with E-state index in [9.17, 15) is 23.1 Å². The first-order valence-corrected chi connectivity index (χ1v) is 10.1. The van der Waals surface area contributed by atoms with Crippen molar-refractivity contribution in [3.05, 3.63) is 47.3 Å². The summed E-state index contributed by atoms with van der Waals surface area (Å²) in [4.78, 5) is 20.5. The highest BCUT2D eigenvalue weighted by molar-refractivity contribution is 6.04. The van der Waals surface area contributed by atoms with Gasteiger partial charge in [-0.3, -0.25) is 9.79 Å². The number of amides is 1. The Morgan fingerprint density at radius 2 is 2.03 bits per heavy atom. The summed E-state index contributed by atoms with van der Waals surface area (Å²) in [7, 11) is 1.38. The molecule has 4 N–H and O–H groups in total. The molecule has 1 aromatic carbocycles. The number of ether oxygens (including phenoxy) is 1. The van der Waals surface area contributed by atoms with Gasteiger partial charge in [-0.2, -0.15) is 13.2 Å². The Kier molecular flexibility index (Phi) is 6.73. The molecule has 2 aromatic rings. The van der Waals surface area contributed by atoms with Crippen LogP contribution in [0.15, 0.2) is 35.3 Å². The molecule has 10 heteroatoms. The maximum Gasteiger partial charge on any atom is 0.433 e. The number of carbonyl (C=O) groups is 1. The van der Waals surface area contributed by atoms with E-state index < -0.39 is 23.4 Å². The lowest BCUT2D eigenvalue weighted by atomic mass is 9.84. The number of hydrogen-bond donors (Lipinski definition) is 3. The van der Waals surface area contributed by atoms with Crippen LogP contribution >= 0.6 is 0 Å². The number of carbonyl (C=O) groups excluding carboxylic acids is 1. The van der Waals surface area contributed by atoms with Crippen molar-refractivity contribution in [2.75, 3.05) is 18.2 Å². The van der Waals surface area contributed by atoms with Crippen LogP contribution in [0.5, 0.6) is 5.75 Å². The van der Waals surface area contributed by atoms with E-state index in [1.165, 1.54) is 19.2 Å². The predicted octanol–water partition coefficient (Wildman–Crippen LogP) is 4.06. The van der Waals surface area contributed by atoms with Crippen molar-refractivity contribution in [3.63, 3.8) is 0 Å². The molecule has 32 heavy (non-hydrogen) atoms. The Hall–Kier alpha value is -3.14. The van der Waals surface area contributed by atoms with Gasteiger partial charge in [-0.15, -0.1) is 0 Å². The number of rotatable bonds is 5. The van der Waals surface area contributed by atoms with Crippen molar-refractivity contribution in [1.29, 1.82) is 0 Å². The molecular weight excluding hydrogens is 425 g/mol. The third kappa shape index (κ3) is 5.76. The molecule has 1 aromatic heterocycles. The fourth-order valence-electron chi connectivity index (χ4n) is 3.46. The van der Waals surface area contributed by atoms with Crippen LogP contribution in [0, 0.1) is 0 Å². The fourth-order valence-corrected chi connectivity index (χ4v) is 3.46. The number of nitrogens with zero attached hydrogens (tertiary/aromatic N) is 2. The van der Waals surface area contributed by atoms with Crippen LogP contribution in [0.3, 0.4) is 0 Å². The second kappa shape index (κ2) is 9.15. The Morgan fingerprint density at radius 1 is 1.34 bits per heavy atom. The molecule has 1 heterocycles. The summed E-state index contributed by atoms with van der Waals surface area (Å²) in [6.45, 7) is 1.81. The fraction of sp³-hybridized carbons (Fsp3) is 0.409. The van der Waals surface area contributed by atoms with Gasteiger partial charge in [0.1, 0.15) is 17.1 Å². The average Bonchev–Trinajstić information content (AvgIpc) is 2.74. The molecular formula is C22H25F3N4O3. The maximum atomic E-state index is 12.9. The third-order valence-corrected chi connectivity index (χ3v) is 5.38. The molecule has 0 saturated heterocycles. The first-order chi connectivity index (χ1) is 15.0. The summed E-state index contributed by atoms with van der Waals surface area (Å²) in [5.74, 6) is -0.578. The van der Waals surface area contributed by atoms with E-state index in [1.807, 2.05) is 6.92 Å². The molecule has 0 atom stereocenters. The minimum atomic E-state index is -4.66. The smallest absolute Gasteiger partial charge is 0.433 e. The van der Waals surface area contributed by atoms with Crippen molar-refractivity contribution in [1.82, 2.24) is 4.98 Å². The number of alkyl halides is 3. The lowest BCUT2D eigenvalue weighted by Crippen LogP contribution is -2.31. The highest BCUT2D eigenvalue weighted by atomic mass is 19.4. The first-order valence-electron chi connectivity index (χ1n) is 10.1. The summed E-state index contributed by atoms with van der Waals surface area (Å²) in [6, 6.07) is 6.19. The van der Waals surface area contributed by atoms with Gasteiger partial charge in [0, 0.05) is 23.5 Å². The number of anilines is 2. The number of halogens is 3. The van der Waals surface area contributed by atoms with Gasteiger partial charge in [0.15, 0.2) is 0 Å². The van der Waals surface area contributed by atoms with E-state index in [1.54, 1.807) is 12.3 Å². The van der Waals surface area contributed by atoms with E-state index in [2.05, 4.69) is 15.3 Å². The Labute approximate surface area is 183 Å². The highest BCUT2D eigenvalue weighted by Gasteiger charge is 2.33. The monoisotopic (exact) mass is 450 g/mol. The zero-order valence-corrected chi connectivity index (χ0v) is 17.7. The van der Waals surface area contributed by atoms with E-state index in [4.69, 9.17) is 10.5 Å². The summed E-state index contributed by atoms with van der Waals surface area (Å²) >= 11 is 0. The van der Waals surface area contributed by atoms with E-state index in [0.29, 0.717) is 24.1 Å². The number of aliphatic hydroxyl groups is 1. The Balaban J connectivity index is 1.81. The summed E-state index contributed by atoms with van der Waals surface area (Å²) < 4.78 is 43.9. The molecule has 0 unspecified atom stereocenters. The molecule has 1 amide bonds. The molecule has 7 nitrogen and oxygen atoms in total. The van der Waals surface area contributed by atoms with Crippen molar-refractivity contribution < 1.29 is 27.8 Å². The average molecular weight is 450 g/mol. The summed E-state index contributed by atoms with van der Waals surface area (Å²) in [5.41, 5.74) is 4.97. The van der Waals surface area contributed by atoms with Gasteiger partial charge in [-0.25, -0.2) is 4.98 Å². The number of pyridine rings is 1. The standard InChI is InChI=1S/C22H25F3N4O3/c1-21(31)8-6-14(7-9-21)27-12-13-10-17(18(32-2)11-15(13)26)29-20(30)16-4-3-5-19(28-16)22(23,24)25/h3-5,10-12,14,31H,6-9,26H2,1-2H3,(H,29,30). The molecule has 0 spiro atoms.